The standard InChI is InChI=1S/C20H24N2O4S/c1-26-20(23)17-7-9-19(10-8-17)27(24,25)21-18-11-13-22(14-12-18)15-16-5-3-2-4-6-16/h2-10,18,21H,11-15H2,1H3. The third kappa shape index (κ3) is 5.15. The van der Waals surface area contributed by atoms with Crippen molar-refractivity contribution in [1.29, 1.82) is 0 Å². The molecule has 0 saturated carbocycles. The van der Waals surface area contributed by atoms with E-state index in [1.54, 1.807) is 0 Å². The Morgan fingerprint density at radius 1 is 1.07 bits per heavy atom. The van der Waals surface area contributed by atoms with Crippen LogP contribution in [0.3, 0.4) is 0 Å². The predicted molar refractivity (Wildman–Crippen MR) is 103 cm³/mol. The largest absolute Gasteiger partial charge is 0.465 e. The Kier molecular flexibility index (Phi) is 6.26. The van der Waals surface area contributed by atoms with E-state index in [9.17, 15) is 13.2 Å². The third-order valence-electron chi connectivity index (χ3n) is 4.74. The van der Waals surface area contributed by atoms with Gasteiger partial charge in [0.05, 0.1) is 17.6 Å². The molecule has 0 bridgehead atoms. The van der Waals surface area contributed by atoms with Crippen molar-refractivity contribution in [3.8, 4) is 0 Å². The Morgan fingerprint density at radius 3 is 2.30 bits per heavy atom. The Labute approximate surface area is 160 Å². The van der Waals surface area contributed by atoms with E-state index in [1.807, 2.05) is 18.2 Å². The summed E-state index contributed by atoms with van der Waals surface area (Å²) in [5, 5.41) is 0. The number of hydrogen-bond donors (Lipinski definition) is 1. The van der Waals surface area contributed by atoms with E-state index in [0.717, 1.165) is 32.5 Å². The number of ether oxygens (including phenoxy) is 1. The van der Waals surface area contributed by atoms with Gasteiger partial charge in [-0.15, -0.1) is 0 Å². The topological polar surface area (TPSA) is 75.7 Å². The minimum absolute atomic E-state index is 0.0812. The predicted octanol–water partition coefficient (Wildman–Crippen LogP) is 2.42. The lowest BCUT2D eigenvalue weighted by atomic mass is 10.1. The molecule has 0 spiro atoms. The lowest BCUT2D eigenvalue weighted by molar-refractivity contribution is 0.0600. The van der Waals surface area contributed by atoms with Gasteiger partial charge < -0.3 is 4.74 Å². The number of carbonyl (C=O) groups excluding carboxylic acids is 1. The molecule has 144 valence electrons. The van der Waals surface area contributed by atoms with Gasteiger partial charge in [0.2, 0.25) is 10.0 Å². The molecule has 27 heavy (non-hydrogen) atoms. The molecule has 0 unspecified atom stereocenters. The summed E-state index contributed by atoms with van der Waals surface area (Å²) in [6, 6.07) is 16.0. The van der Waals surface area contributed by atoms with E-state index < -0.39 is 16.0 Å². The lowest BCUT2D eigenvalue weighted by Gasteiger charge is -2.32. The van der Waals surface area contributed by atoms with Gasteiger partial charge in [0, 0.05) is 25.7 Å². The van der Waals surface area contributed by atoms with Crippen LogP contribution >= 0.6 is 0 Å². The Bertz CT molecular complexity index is 859. The van der Waals surface area contributed by atoms with E-state index in [1.165, 1.54) is 36.9 Å². The third-order valence-corrected chi connectivity index (χ3v) is 6.28. The van der Waals surface area contributed by atoms with Crippen LogP contribution in [0.4, 0.5) is 0 Å². The fourth-order valence-corrected chi connectivity index (χ4v) is 4.53. The molecule has 0 aliphatic carbocycles. The number of sulfonamides is 1. The van der Waals surface area contributed by atoms with Crippen molar-refractivity contribution in [3.63, 3.8) is 0 Å². The molecular formula is C20H24N2O4S. The van der Waals surface area contributed by atoms with Crippen molar-refractivity contribution in [2.24, 2.45) is 0 Å². The average Bonchev–Trinajstić information content (AvgIpc) is 2.69. The van der Waals surface area contributed by atoms with Gasteiger partial charge in [0.1, 0.15) is 0 Å². The van der Waals surface area contributed by atoms with Crippen LogP contribution < -0.4 is 4.72 Å². The van der Waals surface area contributed by atoms with Crippen molar-refractivity contribution in [3.05, 3.63) is 65.7 Å². The normalized spacial score (nSPS) is 16.2. The van der Waals surface area contributed by atoms with Crippen LogP contribution in [0.25, 0.3) is 0 Å². The van der Waals surface area contributed by atoms with E-state index in [2.05, 4.69) is 26.5 Å². The molecule has 2 aromatic carbocycles. The number of methoxy groups -OCH3 is 1. The number of nitrogens with zero attached hydrogens (tertiary/aromatic N) is 1. The second-order valence-electron chi connectivity index (χ2n) is 6.67. The van der Waals surface area contributed by atoms with Gasteiger partial charge in [0.25, 0.3) is 0 Å². The maximum absolute atomic E-state index is 12.6. The molecule has 1 saturated heterocycles. The van der Waals surface area contributed by atoms with Gasteiger partial charge in [-0.25, -0.2) is 17.9 Å². The zero-order chi connectivity index (χ0) is 19.3. The summed E-state index contributed by atoms with van der Waals surface area (Å²) in [4.78, 5) is 14.0. The van der Waals surface area contributed by atoms with Gasteiger partial charge in [0.15, 0.2) is 0 Å². The lowest BCUT2D eigenvalue weighted by Crippen LogP contribution is -2.44. The van der Waals surface area contributed by atoms with E-state index in [4.69, 9.17) is 0 Å². The second kappa shape index (κ2) is 8.65. The van der Waals surface area contributed by atoms with Gasteiger partial charge in [-0.3, -0.25) is 4.90 Å². The Balaban J connectivity index is 1.55. The summed E-state index contributed by atoms with van der Waals surface area (Å²) in [6.07, 6.45) is 1.54. The van der Waals surface area contributed by atoms with Gasteiger partial charge in [-0.2, -0.15) is 0 Å². The molecule has 6 nitrogen and oxygen atoms in total. The molecular weight excluding hydrogens is 364 g/mol. The fraction of sp³-hybridized carbons (Fsp3) is 0.350. The maximum Gasteiger partial charge on any atom is 0.337 e. The summed E-state index contributed by atoms with van der Waals surface area (Å²) < 4.78 is 32.6. The first-order valence-corrected chi connectivity index (χ1v) is 10.4. The molecule has 1 N–H and O–H groups in total. The Morgan fingerprint density at radius 2 is 1.70 bits per heavy atom. The van der Waals surface area contributed by atoms with Crippen molar-refractivity contribution < 1.29 is 17.9 Å². The van der Waals surface area contributed by atoms with Crippen LogP contribution in [-0.4, -0.2) is 45.5 Å². The monoisotopic (exact) mass is 388 g/mol. The van der Waals surface area contributed by atoms with Gasteiger partial charge in [-0.05, 0) is 42.7 Å². The summed E-state index contributed by atoms with van der Waals surface area (Å²) >= 11 is 0. The number of likely N-dealkylation sites (tertiary alicyclic amines) is 1. The number of hydrogen-bond acceptors (Lipinski definition) is 5. The first-order valence-electron chi connectivity index (χ1n) is 8.95. The van der Waals surface area contributed by atoms with Gasteiger partial charge >= 0.3 is 5.97 Å². The van der Waals surface area contributed by atoms with Crippen LogP contribution in [0.15, 0.2) is 59.5 Å². The summed E-state index contributed by atoms with van der Waals surface area (Å²) in [5.41, 5.74) is 1.59. The van der Waals surface area contributed by atoms with E-state index in [0.29, 0.717) is 5.56 Å². The van der Waals surface area contributed by atoms with Gasteiger partial charge in [-0.1, -0.05) is 30.3 Å². The number of benzene rings is 2. The molecule has 0 amide bonds. The summed E-state index contributed by atoms with van der Waals surface area (Å²) in [5.74, 6) is -0.488. The first-order chi connectivity index (χ1) is 13.0. The number of piperidine rings is 1. The van der Waals surface area contributed by atoms with Crippen LogP contribution in [0.2, 0.25) is 0 Å². The minimum atomic E-state index is -3.61. The van der Waals surface area contributed by atoms with E-state index in [-0.39, 0.29) is 10.9 Å². The highest BCUT2D eigenvalue weighted by atomic mass is 32.2. The van der Waals surface area contributed by atoms with Crippen molar-refractivity contribution in [2.75, 3.05) is 20.2 Å². The molecule has 0 radical (unpaired) electrons. The molecule has 1 aliphatic heterocycles. The molecule has 7 heteroatoms. The molecule has 2 aromatic rings. The van der Waals surface area contributed by atoms with Crippen LogP contribution in [-0.2, 0) is 21.3 Å². The highest BCUT2D eigenvalue weighted by Gasteiger charge is 2.24. The summed E-state index contributed by atoms with van der Waals surface area (Å²) in [7, 11) is -2.32. The maximum atomic E-state index is 12.6. The minimum Gasteiger partial charge on any atom is -0.465 e. The highest BCUT2D eigenvalue weighted by Crippen LogP contribution is 2.17. The highest BCUT2D eigenvalue weighted by molar-refractivity contribution is 7.89. The second-order valence-corrected chi connectivity index (χ2v) is 8.39. The first kappa shape index (κ1) is 19.5. The number of rotatable bonds is 6. The number of nitrogens with one attached hydrogen (secondary N) is 1. The number of carbonyl (C=O) groups is 1. The zero-order valence-corrected chi connectivity index (χ0v) is 16.1. The molecule has 1 heterocycles. The molecule has 0 aromatic heterocycles. The quantitative estimate of drug-likeness (QED) is 0.769. The van der Waals surface area contributed by atoms with Crippen LogP contribution in [0.1, 0.15) is 28.8 Å². The smallest absolute Gasteiger partial charge is 0.337 e. The fourth-order valence-electron chi connectivity index (χ4n) is 3.23. The van der Waals surface area contributed by atoms with Crippen molar-refractivity contribution in [1.82, 2.24) is 9.62 Å². The van der Waals surface area contributed by atoms with E-state index >= 15 is 0 Å². The molecule has 0 atom stereocenters. The van der Waals surface area contributed by atoms with Crippen LogP contribution in [0, 0.1) is 0 Å². The SMILES string of the molecule is COC(=O)c1ccc(S(=O)(=O)NC2CCN(Cc3ccccc3)CC2)cc1. The van der Waals surface area contributed by atoms with Crippen molar-refractivity contribution >= 4 is 16.0 Å². The van der Waals surface area contributed by atoms with Crippen molar-refractivity contribution in [2.45, 2.75) is 30.3 Å². The Hall–Kier alpha value is -2.22. The number of esters is 1. The zero-order valence-electron chi connectivity index (χ0n) is 15.3. The summed E-state index contributed by atoms with van der Waals surface area (Å²) in [6.45, 7) is 2.59. The molecule has 1 aliphatic rings. The molecule has 3 rings (SSSR count). The van der Waals surface area contributed by atoms with Crippen LogP contribution in [0.5, 0.6) is 0 Å². The molecule has 1 fully saturated rings. The average molecular weight is 388 g/mol.